The summed E-state index contributed by atoms with van der Waals surface area (Å²) in [5, 5.41) is 7.15. The van der Waals surface area contributed by atoms with E-state index in [-0.39, 0.29) is 17.6 Å². The minimum Gasteiger partial charge on any atom is -0.382 e. The number of amides is 1. The van der Waals surface area contributed by atoms with Crippen molar-refractivity contribution in [1.29, 1.82) is 0 Å². The van der Waals surface area contributed by atoms with Crippen molar-refractivity contribution in [3.05, 3.63) is 47.0 Å². The van der Waals surface area contributed by atoms with Crippen LogP contribution in [0.5, 0.6) is 0 Å². The van der Waals surface area contributed by atoms with Gasteiger partial charge < -0.3 is 10.1 Å². The van der Waals surface area contributed by atoms with Gasteiger partial charge in [0.1, 0.15) is 0 Å². The third-order valence-corrected chi connectivity index (χ3v) is 2.96. The fraction of sp³-hybridized carbons (Fsp3) is 0.308. The molecule has 2 aromatic rings. The number of aryl methyl sites for hydroxylation is 1. The van der Waals surface area contributed by atoms with Crippen LogP contribution in [0.15, 0.2) is 30.6 Å². The second-order valence-corrected chi connectivity index (χ2v) is 4.64. The Kier molecular flexibility index (Phi) is 4.70. The van der Waals surface area contributed by atoms with Crippen LogP contribution in [0.4, 0.5) is 0 Å². The molecule has 0 radical (unpaired) electrons. The number of nitrogens with one attached hydrogen (secondary N) is 1. The predicted molar refractivity (Wildman–Crippen MR) is 74.5 cm³/mol. The van der Waals surface area contributed by atoms with Crippen molar-refractivity contribution in [2.24, 2.45) is 7.05 Å². The van der Waals surface area contributed by atoms with Gasteiger partial charge in [0.25, 0.3) is 5.91 Å². The number of carbonyl (C=O) groups is 1. The van der Waals surface area contributed by atoms with Gasteiger partial charge in [-0.2, -0.15) is 5.10 Å². The van der Waals surface area contributed by atoms with Gasteiger partial charge in [0, 0.05) is 26.6 Å². The molecule has 6 nitrogen and oxygen atoms in total. The number of halogens is 1. The summed E-state index contributed by atoms with van der Waals surface area (Å²) in [5.74, 6) is -0.358. The molecular formula is C13H15ClN4O2. The maximum absolute atomic E-state index is 12.2. The number of pyridine rings is 1. The molecule has 0 saturated carbocycles. The molecule has 20 heavy (non-hydrogen) atoms. The Labute approximate surface area is 121 Å². The number of aromatic nitrogens is 3. The third-order valence-electron chi connectivity index (χ3n) is 2.68. The Morgan fingerprint density at radius 3 is 2.90 bits per heavy atom. The van der Waals surface area contributed by atoms with Gasteiger partial charge in [0.2, 0.25) is 0 Å². The average molecular weight is 295 g/mol. The highest BCUT2D eigenvalue weighted by Gasteiger charge is 2.20. The number of hydrogen-bond donors (Lipinski definition) is 1. The quantitative estimate of drug-likeness (QED) is 0.909. The fourth-order valence-electron chi connectivity index (χ4n) is 1.79. The molecule has 0 fully saturated rings. The molecule has 0 aliphatic rings. The summed E-state index contributed by atoms with van der Waals surface area (Å²) in [6.07, 6.45) is 3.24. The van der Waals surface area contributed by atoms with E-state index in [1.807, 2.05) is 18.2 Å². The van der Waals surface area contributed by atoms with Crippen molar-refractivity contribution in [3.63, 3.8) is 0 Å². The lowest BCUT2D eigenvalue weighted by Crippen LogP contribution is -2.32. The Hall–Kier alpha value is -1.92. The molecule has 2 rings (SSSR count). The largest absolute Gasteiger partial charge is 0.382 e. The number of ether oxygens (including phenoxy) is 1. The fourth-order valence-corrected chi connectivity index (χ4v) is 2.05. The Balaban J connectivity index is 2.16. The lowest BCUT2D eigenvalue weighted by Gasteiger charge is -2.16. The van der Waals surface area contributed by atoms with Crippen LogP contribution < -0.4 is 5.32 Å². The summed E-state index contributed by atoms with van der Waals surface area (Å²) < 4.78 is 6.61. The lowest BCUT2D eigenvalue weighted by molar-refractivity contribution is 0.0889. The van der Waals surface area contributed by atoms with E-state index in [1.165, 1.54) is 4.68 Å². The van der Waals surface area contributed by atoms with Crippen molar-refractivity contribution >= 4 is 17.5 Å². The summed E-state index contributed by atoms with van der Waals surface area (Å²) in [6.45, 7) is 0.313. The van der Waals surface area contributed by atoms with Crippen LogP contribution in [-0.2, 0) is 11.8 Å². The van der Waals surface area contributed by atoms with Gasteiger partial charge in [0.15, 0.2) is 5.69 Å². The highest BCUT2D eigenvalue weighted by atomic mass is 35.5. The molecule has 0 saturated heterocycles. The number of methoxy groups -OCH3 is 1. The first-order valence-electron chi connectivity index (χ1n) is 6.01. The molecule has 0 bridgehead atoms. The SMILES string of the molecule is COC[C@@H](NC(=O)c1nn(C)cc1Cl)c1ccccn1. The zero-order chi connectivity index (χ0) is 14.5. The highest BCUT2D eigenvalue weighted by molar-refractivity contribution is 6.33. The van der Waals surface area contributed by atoms with Crippen LogP contribution >= 0.6 is 11.6 Å². The molecule has 0 spiro atoms. The van der Waals surface area contributed by atoms with Crippen LogP contribution in [0.25, 0.3) is 0 Å². The van der Waals surface area contributed by atoms with E-state index in [0.717, 1.165) is 5.69 Å². The van der Waals surface area contributed by atoms with Gasteiger partial charge in [-0.15, -0.1) is 0 Å². The Morgan fingerprint density at radius 2 is 2.35 bits per heavy atom. The van der Waals surface area contributed by atoms with Crippen LogP contribution in [0, 0.1) is 0 Å². The smallest absolute Gasteiger partial charge is 0.273 e. The van der Waals surface area contributed by atoms with E-state index < -0.39 is 0 Å². The molecule has 0 aromatic carbocycles. The summed E-state index contributed by atoms with van der Waals surface area (Å²) >= 11 is 5.96. The molecule has 0 aliphatic carbocycles. The van der Waals surface area contributed by atoms with Gasteiger partial charge in [0.05, 0.1) is 23.4 Å². The number of hydrogen-bond acceptors (Lipinski definition) is 4. The first-order valence-corrected chi connectivity index (χ1v) is 6.39. The molecule has 2 heterocycles. The van der Waals surface area contributed by atoms with Crippen molar-refractivity contribution < 1.29 is 9.53 Å². The lowest BCUT2D eigenvalue weighted by atomic mass is 10.2. The summed E-state index contributed by atoms with van der Waals surface area (Å²) in [4.78, 5) is 16.4. The standard InChI is InChI=1S/C13H15ClN4O2/c1-18-7-9(14)12(17-18)13(19)16-11(8-20-2)10-5-3-4-6-15-10/h3-7,11H,8H2,1-2H3,(H,16,19)/t11-/m1/s1. The monoisotopic (exact) mass is 294 g/mol. The molecule has 7 heteroatoms. The highest BCUT2D eigenvalue weighted by Crippen LogP contribution is 2.16. The maximum Gasteiger partial charge on any atom is 0.273 e. The van der Waals surface area contributed by atoms with Crippen LogP contribution in [0.3, 0.4) is 0 Å². The van der Waals surface area contributed by atoms with Gasteiger partial charge in [-0.3, -0.25) is 14.5 Å². The Morgan fingerprint density at radius 1 is 1.55 bits per heavy atom. The van der Waals surface area contributed by atoms with E-state index in [2.05, 4.69) is 15.4 Å². The van der Waals surface area contributed by atoms with Crippen molar-refractivity contribution in [3.8, 4) is 0 Å². The van der Waals surface area contributed by atoms with Gasteiger partial charge in [-0.05, 0) is 12.1 Å². The number of nitrogens with zero attached hydrogens (tertiary/aromatic N) is 3. The summed E-state index contributed by atoms with van der Waals surface area (Å²) in [5.41, 5.74) is 0.904. The zero-order valence-electron chi connectivity index (χ0n) is 11.2. The minimum absolute atomic E-state index is 0.186. The Bertz CT molecular complexity index is 585. The van der Waals surface area contributed by atoms with E-state index in [1.54, 1.807) is 26.6 Å². The zero-order valence-corrected chi connectivity index (χ0v) is 12.0. The molecule has 0 aliphatic heterocycles. The first-order chi connectivity index (χ1) is 9.61. The van der Waals surface area contributed by atoms with Gasteiger partial charge >= 0.3 is 0 Å². The van der Waals surface area contributed by atoms with E-state index in [4.69, 9.17) is 16.3 Å². The topological polar surface area (TPSA) is 69.0 Å². The van der Waals surface area contributed by atoms with Crippen molar-refractivity contribution in [1.82, 2.24) is 20.1 Å². The number of carbonyl (C=O) groups excluding carboxylic acids is 1. The summed E-state index contributed by atoms with van der Waals surface area (Å²) in [6, 6.07) is 5.13. The van der Waals surface area contributed by atoms with Gasteiger partial charge in [-0.1, -0.05) is 17.7 Å². The van der Waals surface area contributed by atoms with Crippen LogP contribution in [0.2, 0.25) is 5.02 Å². The normalized spacial score (nSPS) is 12.2. The van der Waals surface area contributed by atoms with Crippen LogP contribution in [-0.4, -0.2) is 34.4 Å². The molecule has 0 unspecified atom stereocenters. The molecule has 1 amide bonds. The van der Waals surface area contributed by atoms with Gasteiger partial charge in [-0.25, -0.2) is 0 Å². The second kappa shape index (κ2) is 6.49. The molecule has 1 N–H and O–H groups in total. The molecule has 2 aromatic heterocycles. The molecular weight excluding hydrogens is 280 g/mol. The average Bonchev–Trinajstić information content (AvgIpc) is 2.78. The maximum atomic E-state index is 12.2. The van der Waals surface area contributed by atoms with E-state index >= 15 is 0 Å². The second-order valence-electron chi connectivity index (χ2n) is 4.24. The molecule has 1 atom stereocenters. The van der Waals surface area contributed by atoms with Crippen molar-refractivity contribution in [2.75, 3.05) is 13.7 Å². The van der Waals surface area contributed by atoms with Crippen molar-refractivity contribution in [2.45, 2.75) is 6.04 Å². The van der Waals surface area contributed by atoms with Crippen LogP contribution in [0.1, 0.15) is 22.2 Å². The van der Waals surface area contributed by atoms with E-state index in [9.17, 15) is 4.79 Å². The predicted octanol–water partition coefficient (Wildman–Crippen LogP) is 1.59. The third kappa shape index (κ3) is 3.34. The minimum atomic E-state index is -0.358. The molecule has 106 valence electrons. The van der Waals surface area contributed by atoms with E-state index in [0.29, 0.717) is 11.6 Å². The number of rotatable bonds is 5. The first kappa shape index (κ1) is 14.5. The summed E-state index contributed by atoms with van der Waals surface area (Å²) in [7, 11) is 3.27.